The first kappa shape index (κ1) is 31.6. The second-order valence-corrected chi connectivity index (χ2v) is 11.6. The number of carboxylic acid groups (broad SMARTS) is 1. The van der Waals surface area contributed by atoms with E-state index in [0.717, 1.165) is 9.79 Å². The van der Waals surface area contributed by atoms with E-state index in [9.17, 15) is 19.5 Å². The molecule has 2 N–H and O–H groups in total. The summed E-state index contributed by atoms with van der Waals surface area (Å²) in [4.78, 5) is 41.8. The van der Waals surface area contributed by atoms with E-state index in [0.29, 0.717) is 47.8 Å². The van der Waals surface area contributed by atoms with Gasteiger partial charge >= 0.3 is 5.97 Å². The van der Waals surface area contributed by atoms with Crippen LogP contribution in [0.25, 0.3) is 6.08 Å². The predicted octanol–water partition coefficient (Wildman–Crippen LogP) is 6.92. The van der Waals surface area contributed by atoms with Gasteiger partial charge in [0.1, 0.15) is 5.75 Å². The number of benzene rings is 3. The number of carbonyl (C=O) groups excluding carboxylic acids is 2. The zero-order valence-electron chi connectivity index (χ0n) is 23.1. The molecule has 2 amide bonds. The van der Waals surface area contributed by atoms with E-state index in [1.54, 1.807) is 43.5 Å². The SMILES string of the molecule is COc1ccccc1Sc1ccc(/C=C/C(=O)N(C(=O)CCC(C(=O)O)c2ccccc2)C2CCNCC2)c(Cl)c1Cl. The van der Waals surface area contributed by atoms with Gasteiger partial charge in [0.05, 0.1) is 28.0 Å². The van der Waals surface area contributed by atoms with Crippen molar-refractivity contribution in [3.8, 4) is 5.75 Å². The van der Waals surface area contributed by atoms with Crippen LogP contribution in [0.2, 0.25) is 10.0 Å². The van der Waals surface area contributed by atoms with Crippen molar-refractivity contribution >= 4 is 58.8 Å². The van der Waals surface area contributed by atoms with Gasteiger partial charge in [-0.15, -0.1) is 0 Å². The van der Waals surface area contributed by atoms with E-state index in [1.807, 2.05) is 36.4 Å². The Balaban J connectivity index is 1.51. The lowest BCUT2D eigenvalue weighted by molar-refractivity contribution is -0.145. The highest BCUT2D eigenvalue weighted by Gasteiger charge is 2.31. The third kappa shape index (κ3) is 7.95. The summed E-state index contributed by atoms with van der Waals surface area (Å²) in [6.07, 6.45) is 4.14. The highest BCUT2D eigenvalue weighted by atomic mass is 35.5. The molecule has 0 aliphatic carbocycles. The number of nitrogens with one attached hydrogen (secondary N) is 1. The third-order valence-electron chi connectivity index (χ3n) is 7.10. The minimum Gasteiger partial charge on any atom is -0.496 e. The van der Waals surface area contributed by atoms with Crippen LogP contribution in [0.3, 0.4) is 0 Å². The Kier molecular flexibility index (Phi) is 11.5. The topological polar surface area (TPSA) is 95.9 Å². The van der Waals surface area contributed by atoms with Crippen LogP contribution in [0.15, 0.2) is 82.6 Å². The van der Waals surface area contributed by atoms with Crippen molar-refractivity contribution in [1.82, 2.24) is 10.2 Å². The van der Waals surface area contributed by atoms with Crippen LogP contribution in [0.5, 0.6) is 5.75 Å². The average molecular weight is 628 g/mol. The van der Waals surface area contributed by atoms with Gasteiger partial charge in [0, 0.05) is 23.4 Å². The van der Waals surface area contributed by atoms with Crippen molar-refractivity contribution in [3.63, 3.8) is 0 Å². The van der Waals surface area contributed by atoms with Gasteiger partial charge in [-0.25, -0.2) is 0 Å². The molecule has 7 nitrogen and oxygen atoms in total. The number of halogens is 2. The zero-order valence-corrected chi connectivity index (χ0v) is 25.4. The Hall–Kier alpha value is -3.30. The summed E-state index contributed by atoms with van der Waals surface area (Å²) in [7, 11) is 1.60. The molecular formula is C32H32Cl2N2O5S. The normalized spacial score (nSPS) is 14.5. The number of rotatable bonds is 11. The van der Waals surface area contributed by atoms with Gasteiger partial charge in [0.2, 0.25) is 5.91 Å². The fraction of sp³-hybridized carbons (Fsp3) is 0.281. The number of imide groups is 1. The van der Waals surface area contributed by atoms with Crippen molar-refractivity contribution in [2.75, 3.05) is 20.2 Å². The van der Waals surface area contributed by atoms with E-state index >= 15 is 0 Å². The Morgan fingerprint density at radius 1 is 1.00 bits per heavy atom. The standard InChI is InChI=1S/C32H32Cl2N2O5S/c1-41-25-9-5-6-10-26(25)42-27-14-11-22(30(33)31(27)34)12-15-28(37)36(23-17-19-35-20-18-23)29(38)16-13-24(32(39)40)21-7-3-2-4-8-21/h2-12,14-15,23-24,35H,13,16-20H2,1H3,(H,39,40)/b15-12+. The summed E-state index contributed by atoms with van der Waals surface area (Å²) in [5.74, 6) is -2.01. The van der Waals surface area contributed by atoms with Crippen molar-refractivity contribution in [3.05, 3.63) is 94.0 Å². The third-order valence-corrected chi connectivity index (χ3v) is 9.22. The smallest absolute Gasteiger partial charge is 0.310 e. The van der Waals surface area contributed by atoms with Crippen LogP contribution >= 0.6 is 35.0 Å². The Morgan fingerprint density at radius 2 is 1.69 bits per heavy atom. The molecule has 10 heteroatoms. The number of carbonyl (C=O) groups is 3. The Labute approximate surface area is 259 Å². The minimum absolute atomic E-state index is 0.0726. The Morgan fingerprint density at radius 3 is 2.38 bits per heavy atom. The summed E-state index contributed by atoms with van der Waals surface area (Å²) in [6.45, 7) is 1.36. The van der Waals surface area contributed by atoms with Gasteiger partial charge in [-0.2, -0.15) is 0 Å². The van der Waals surface area contributed by atoms with Crippen molar-refractivity contribution < 1.29 is 24.2 Å². The van der Waals surface area contributed by atoms with Gasteiger partial charge in [-0.3, -0.25) is 19.3 Å². The van der Waals surface area contributed by atoms with Gasteiger partial charge < -0.3 is 15.2 Å². The minimum atomic E-state index is -1.01. The molecule has 3 aromatic carbocycles. The molecule has 0 spiro atoms. The molecule has 1 atom stereocenters. The van der Waals surface area contributed by atoms with Crippen molar-refractivity contribution in [2.24, 2.45) is 0 Å². The molecule has 0 saturated carbocycles. The maximum absolute atomic E-state index is 13.5. The predicted molar refractivity (Wildman–Crippen MR) is 166 cm³/mol. The van der Waals surface area contributed by atoms with Crippen molar-refractivity contribution in [1.29, 1.82) is 0 Å². The molecule has 220 valence electrons. The van der Waals surface area contributed by atoms with Gasteiger partial charge in [-0.05, 0) is 67.8 Å². The highest BCUT2D eigenvalue weighted by Crippen LogP contribution is 2.42. The van der Waals surface area contributed by atoms with E-state index in [1.165, 1.54) is 22.7 Å². The molecular weight excluding hydrogens is 595 g/mol. The van der Waals surface area contributed by atoms with Crippen LogP contribution < -0.4 is 10.1 Å². The van der Waals surface area contributed by atoms with E-state index < -0.39 is 23.7 Å². The maximum Gasteiger partial charge on any atom is 0.310 e. The monoisotopic (exact) mass is 626 g/mol. The molecule has 1 aliphatic heterocycles. The van der Waals surface area contributed by atoms with E-state index in [4.69, 9.17) is 27.9 Å². The molecule has 1 aliphatic rings. The number of methoxy groups -OCH3 is 1. The van der Waals surface area contributed by atoms with Gasteiger partial charge in [0.15, 0.2) is 0 Å². The van der Waals surface area contributed by atoms with Crippen LogP contribution in [0, 0.1) is 0 Å². The zero-order chi connectivity index (χ0) is 30.1. The number of amides is 2. The summed E-state index contributed by atoms with van der Waals surface area (Å²) >= 11 is 14.6. The van der Waals surface area contributed by atoms with E-state index in [2.05, 4.69) is 5.32 Å². The maximum atomic E-state index is 13.5. The number of piperidine rings is 1. The lowest BCUT2D eigenvalue weighted by atomic mass is 9.93. The lowest BCUT2D eigenvalue weighted by Gasteiger charge is -2.32. The molecule has 4 rings (SSSR count). The molecule has 0 bridgehead atoms. The van der Waals surface area contributed by atoms with Gasteiger partial charge in [0.25, 0.3) is 5.91 Å². The van der Waals surface area contributed by atoms with Crippen LogP contribution in [-0.4, -0.2) is 54.0 Å². The second-order valence-electron chi connectivity index (χ2n) is 9.79. The molecule has 0 aromatic heterocycles. The molecule has 42 heavy (non-hydrogen) atoms. The fourth-order valence-electron chi connectivity index (χ4n) is 4.89. The first-order valence-electron chi connectivity index (χ1n) is 13.6. The lowest BCUT2D eigenvalue weighted by Crippen LogP contribution is -2.48. The summed E-state index contributed by atoms with van der Waals surface area (Å²) in [5, 5.41) is 13.7. The summed E-state index contributed by atoms with van der Waals surface area (Å²) in [5.41, 5.74) is 1.16. The first-order chi connectivity index (χ1) is 20.3. The first-order valence-corrected chi connectivity index (χ1v) is 15.2. The number of nitrogens with zero attached hydrogens (tertiary/aromatic N) is 1. The van der Waals surface area contributed by atoms with Crippen molar-refractivity contribution in [2.45, 2.75) is 47.4 Å². The molecule has 1 fully saturated rings. The van der Waals surface area contributed by atoms with Gasteiger partial charge in [-0.1, -0.05) is 83.5 Å². The van der Waals surface area contributed by atoms with Crippen LogP contribution in [0.4, 0.5) is 0 Å². The van der Waals surface area contributed by atoms with E-state index in [-0.39, 0.29) is 23.9 Å². The highest BCUT2D eigenvalue weighted by molar-refractivity contribution is 7.99. The number of carboxylic acids is 1. The quantitative estimate of drug-likeness (QED) is 0.223. The second kappa shape index (κ2) is 15.3. The molecule has 3 aromatic rings. The molecule has 1 heterocycles. The molecule has 0 radical (unpaired) electrons. The fourth-order valence-corrected chi connectivity index (χ4v) is 6.43. The largest absolute Gasteiger partial charge is 0.496 e. The molecule has 1 unspecified atom stereocenters. The summed E-state index contributed by atoms with van der Waals surface area (Å²) in [6, 6.07) is 19.7. The number of para-hydroxylation sites is 1. The summed E-state index contributed by atoms with van der Waals surface area (Å²) < 4.78 is 5.42. The number of hydrogen-bond donors (Lipinski definition) is 2. The number of ether oxygens (including phenoxy) is 1. The Bertz CT molecular complexity index is 1440. The average Bonchev–Trinajstić information content (AvgIpc) is 3.00. The van der Waals surface area contributed by atoms with Crippen LogP contribution in [-0.2, 0) is 14.4 Å². The number of hydrogen-bond acceptors (Lipinski definition) is 6. The molecule has 1 saturated heterocycles. The van der Waals surface area contributed by atoms with Crippen LogP contribution in [0.1, 0.15) is 42.7 Å². The number of aliphatic carboxylic acids is 1.